The van der Waals surface area contributed by atoms with Gasteiger partial charge in [0.15, 0.2) is 9.84 Å². The maximum atomic E-state index is 11.4. The quantitative estimate of drug-likeness (QED) is 0.704. The predicted octanol–water partition coefficient (Wildman–Crippen LogP) is -0.206. The van der Waals surface area contributed by atoms with E-state index in [-0.39, 0.29) is 22.7 Å². The number of amides is 1. The molecule has 0 bridgehead atoms. The number of hydrogen-bond donors (Lipinski definition) is 2. The van der Waals surface area contributed by atoms with Gasteiger partial charge < -0.3 is 10.4 Å². The van der Waals surface area contributed by atoms with Crippen LogP contribution < -0.4 is 5.32 Å². The van der Waals surface area contributed by atoms with Crippen molar-refractivity contribution < 1.29 is 18.3 Å². The summed E-state index contributed by atoms with van der Waals surface area (Å²) >= 11 is 1.40. The summed E-state index contributed by atoms with van der Waals surface area (Å²) in [5.74, 6) is 0.632. The predicted molar refractivity (Wildman–Crippen MR) is 68.8 cm³/mol. The molecule has 2 N–H and O–H groups in total. The molecule has 2 unspecified atom stereocenters. The van der Waals surface area contributed by atoms with Gasteiger partial charge in [0.05, 0.1) is 23.4 Å². The number of sulfone groups is 1. The maximum Gasteiger partial charge on any atom is 0.230 e. The van der Waals surface area contributed by atoms with E-state index in [9.17, 15) is 13.2 Å². The van der Waals surface area contributed by atoms with E-state index >= 15 is 0 Å². The van der Waals surface area contributed by atoms with Gasteiger partial charge >= 0.3 is 0 Å². The fourth-order valence-electron chi connectivity index (χ4n) is 1.56. The van der Waals surface area contributed by atoms with Crippen molar-refractivity contribution in [1.82, 2.24) is 5.32 Å². The first kappa shape index (κ1) is 14.8. The Labute approximate surface area is 106 Å². The Balaban J connectivity index is 2.12. The van der Waals surface area contributed by atoms with Crippen LogP contribution in [0.1, 0.15) is 19.8 Å². The van der Waals surface area contributed by atoms with E-state index in [0.717, 1.165) is 0 Å². The van der Waals surface area contributed by atoms with Gasteiger partial charge in [-0.2, -0.15) is 0 Å². The zero-order chi connectivity index (χ0) is 12.9. The Hall–Kier alpha value is -0.270. The number of aliphatic hydroxyl groups is 1. The highest BCUT2D eigenvalue weighted by Crippen LogP contribution is 2.23. The standard InChI is InChI=1S/C10H19NO4S2/c1-8(12)2-4-11-10(13)6-16-9-3-5-17(14,15)7-9/h8-9,12H,2-7H2,1H3,(H,11,13). The lowest BCUT2D eigenvalue weighted by atomic mass is 10.3. The number of nitrogens with one attached hydrogen (secondary N) is 1. The van der Waals surface area contributed by atoms with E-state index in [0.29, 0.717) is 25.1 Å². The number of thioether (sulfide) groups is 1. The molecule has 1 aliphatic heterocycles. The Morgan fingerprint density at radius 3 is 2.82 bits per heavy atom. The number of carbonyl (C=O) groups is 1. The van der Waals surface area contributed by atoms with E-state index in [1.165, 1.54) is 11.8 Å². The largest absolute Gasteiger partial charge is 0.393 e. The van der Waals surface area contributed by atoms with Crippen LogP contribution in [0.25, 0.3) is 0 Å². The molecule has 1 rings (SSSR count). The minimum atomic E-state index is -2.86. The van der Waals surface area contributed by atoms with Gasteiger partial charge in [0.1, 0.15) is 0 Å². The third-order valence-corrected chi connectivity index (χ3v) is 5.81. The average molecular weight is 281 g/mol. The normalized spacial score (nSPS) is 24.5. The van der Waals surface area contributed by atoms with Crippen molar-refractivity contribution in [3.8, 4) is 0 Å². The highest BCUT2D eigenvalue weighted by atomic mass is 32.2. The monoisotopic (exact) mass is 281 g/mol. The summed E-state index contributed by atoms with van der Waals surface area (Å²) in [4.78, 5) is 11.4. The molecule has 100 valence electrons. The molecule has 0 aromatic heterocycles. The van der Waals surface area contributed by atoms with E-state index in [1.807, 2.05) is 0 Å². The van der Waals surface area contributed by atoms with Crippen LogP contribution in [0.15, 0.2) is 0 Å². The van der Waals surface area contributed by atoms with Gasteiger partial charge in [0, 0.05) is 11.8 Å². The lowest BCUT2D eigenvalue weighted by Crippen LogP contribution is -2.28. The fraction of sp³-hybridized carbons (Fsp3) is 0.900. The molecule has 0 aliphatic carbocycles. The lowest BCUT2D eigenvalue weighted by molar-refractivity contribution is -0.118. The minimum absolute atomic E-state index is 0.0579. The Bertz CT molecular complexity index is 353. The second-order valence-corrected chi connectivity index (χ2v) is 7.84. The lowest BCUT2D eigenvalue weighted by Gasteiger charge is -2.09. The van der Waals surface area contributed by atoms with E-state index in [1.54, 1.807) is 6.92 Å². The molecule has 0 saturated carbocycles. The van der Waals surface area contributed by atoms with Crippen molar-refractivity contribution in [2.24, 2.45) is 0 Å². The smallest absolute Gasteiger partial charge is 0.230 e. The molecule has 1 amide bonds. The summed E-state index contributed by atoms with van der Waals surface area (Å²) in [5, 5.41) is 11.7. The first-order valence-corrected chi connectivity index (χ1v) is 8.53. The summed E-state index contributed by atoms with van der Waals surface area (Å²) in [6.07, 6.45) is 0.769. The van der Waals surface area contributed by atoms with Crippen molar-refractivity contribution in [2.75, 3.05) is 23.8 Å². The van der Waals surface area contributed by atoms with Crippen LogP contribution in [0.4, 0.5) is 0 Å². The van der Waals surface area contributed by atoms with Crippen LogP contribution in [0.5, 0.6) is 0 Å². The average Bonchev–Trinajstić information content (AvgIpc) is 2.55. The SMILES string of the molecule is CC(O)CCNC(=O)CSC1CCS(=O)(=O)C1. The zero-order valence-electron chi connectivity index (χ0n) is 9.89. The molecule has 0 radical (unpaired) electrons. The summed E-state index contributed by atoms with van der Waals surface area (Å²) in [6.45, 7) is 2.13. The summed E-state index contributed by atoms with van der Waals surface area (Å²) in [7, 11) is -2.86. The first-order valence-electron chi connectivity index (χ1n) is 5.66. The van der Waals surface area contributed by atoms with Gasteiger partial charge in [-0.15, -0.1) is 11.8 Å². The molecule has 5 nitrogen and oxygen atoms in total. The van der Waals surface area contributed by atoms with Crippen molar-refractivity contribution in [2.45, 2.75) is 31.1 Å². The molecule has 0 aromatic carbocycles. The number of rotatable bonds is 6. The molecule has 7 heteroatoms. The second kappa shape index (κ2) is 6.61. The molecule has 1 fully saturated rings. The molecule has 1 saturated heterocycles. The van der Waals surface area contributed by atoms with Crippen molar-refractivity contribution >= 4 is 27.5 Å². The molecular weight excluding hydrogens is 262 g/mol. The highest BCUT2D eigenvalue weighted by molar-refractivity contribution is 8.02. The molecule has 0 spiro atoms. The van der Waals surface area contributed by atoms with Crippen LogP contribution in [-0.4, -0.2) is 54.6 Å². The topological polar surface area (TPSA) is 83.5 Å². The molecule has 1 heterocycles. The Morgan fingerprint density at radius 2 is 2.29 bits per heavy atom. The fourth-order valence-corrected chi connectivity index (χ4v) is 5.03. The maximum absolute atomic E-state index is 11.4. The molecular formula is C10H19NO4S2. The van der Waals surface area contributed by atoms with E-state index < -0.39 is 15.9 Å². The van der Waals surface area contributed by atoms with E-state index in [4.69, 9.17) is 5.11 Å². The van der Waals surface area contributed by atoms with Crippen molar-refractivity contribution in [1.29, 1.82) is 0 Å². The Morgan fingerprint density at radius 1 is 1.59 bits per heavy atom. The van der Waals surface area contributed by atoms with Gasteiger partial charge in [-0.05, 0) is 19.8 Å². The third kappa shape index (κ3) is 6.28. The van der Waals surface area contributed by atoms with Crippen LogP contribution >= 0.6 is 11.8 Å². The van der Waals surface area contributed by atoms with Crippen molar-refractivity contribution in [3.05, 3.63) is 0 Å². The number of aliphatic hydroxyl groups excluding tert-OH is 1. The van der Waals surface area contributed by atoms with Crippen LogP contribution in [-0.2, 0) is 14.6 Å². The first-order chi connectivity index (χ1) is 7.89. The highest BCUT2D eigenvalue weighted by Gasteiger charge is 2.28. The summed E-state index contributed by atoms with van der Waals surface area (Å²) in [5.41, 5.74) is 0. The molecule has 0 aromatic rings. The molecule has 1 aliphatic rings. The van der Waals surface area contributed by atoms with E-state index in [2.05, 4.69) is 5.32 Å². The van der Waals surface area contributed by atoms with Gasteiger partial charge in [0.25, 0.3) is 0 Å². The zero-order valence-corrected chi connectivity index (χ0v) is 11.5. The third-order valence-electron chi connectivity index (χ3n) is 2.53. The van der Waals surface area contributed by atoms with Gasteiger partial charge in [0.2, 0.25) is 5.91 Å². The molecule has 17 heavy (non-hydrogen) atoms. The summed E-state index contributed by atoms with van der Waals surface area (Å²) in [6, 6.07) is 0. The Kier molecular flexibility index (Phi) is 5.75. The summed E-state index contributed by atoms with van der Waals surface area (Å²) < 4.78 is 22.4. The molecule has 2 atom stereocenters. The van der Waals surface area contributed by atoms with Crippen LogP contribution in [0, 0.1) is 0 Å². The van der Waals surface area contributed by atoms with Crippen molar-refractivity contribution in [3.63, 3.8) is 0 Å². The number of carbonyl (C=O) groups excluding carboxylic acids is 1. The van der Waals surface area contributed by atoms with Gasteiger partial charge in [-0.25, -0.2) is 8.42 Å². The van der Waals surface area contributed by atoms with Gasteiger partial charge in [-0.1, -0.05) is 0 Å². The van der Waals surface area contributed by atoms with Gasteiger partial charge in [-0.3, -0.25) is 4.79 Å². The minimum Gasteiger partial charge on any atom is -0.393 e. The number of hydrogen-bond acceptors (Lipinski definition) is 5. The van der Waals surface area contributed by atoms with Crippen LogP contribution in [0.3, 0.4) is 0 Å². The second-order valence-electron chi connectivity index (χ2n) is 4.32. The van der Waals surface area contributed by atoms with Crippen LogP contribution in [0.2, 0.25) is 0 Å².